The Kier molecular flexibility index (Phi) is 21.4. The van der Waals surface area contributed by atoms with E-state index >= 15 is 4.39 Å². The van der Waals surface area contributed by atoms with Crippen LogP contribution < -0.4 is 18.9 Å². The average Bonchev–Trinajstić information content (AvgIpc) is 1.47. The number of benzene rings is 3. The fourth-order valence-electron chi connectivity index (χ4n) is 15.1. The fraction of sp³-hybridized carbons (Fsp3) is 0.521. The Hall–Kier alpha value is -7.54. The van der Waals surface area contributed by atoms with Gasteiger partial charge in [-0.2, -0.15) is 26.3 Å². The smallest absolute Gasteiger partial charge is 0.456 e. The molecule has 0 aliphatic carbocycles. The van der Waals surface area contributed by atoms with Crippen LogP contribution in [-0.2, 0) is 48.8 Å². The summed E-state index contributed by atoms with van der Waals surface area (Å²) < 4.78 is 123. The molecular weight excluding hydrogens is 1280 g/mol. The van der Waals surface area contributed by atoms with Gasteiger partial charge in [-0.05, 0) is 178 Å². The molecule has 3 spiro atoms. The molecule has 3 fully saturated rings. The fourth-order valence-corrected chi connectivity index (χ4v) is 15.3. The monoisotopic (exact) mass is 1360 g/mol. The van der Waals surface area contributed by atoms with Gasteiger partial charge in [-0.3, -0.25) is 33.9 Å². The van der Waals surface area contributed by atoms with Crippen LogP contribution in [-0.4, -0.2) is 185 Å². The van der Waals surface area contributed by atoms with E-state index in [1.807, 2.05) is 87.0 Å². The van der Waals surface area contributed by atoms with Crippen LogP contribution in [0.2, 0.25) is 5.15 Å². The van der Waals surface area contributed by atoms with Crippen molar-refractivity contribution in [2.75, 3.05) is 100 Å². The number of halogens is 8. The number of fused-ring (bicyclic) bond motifs is 6. The zero-order chi connectivity index (χ0) is 69.2. The first-order chi connectivity index (χ1) is 45.7. The number of carbonyl (C=O) groups is 4. The quantitative estimate of drug-likeness (QED) is 0.0806. The highest BCUT2D eigenvalue weighted by Gasteiger charge is 2.54. The van der Waals surface area contributed by atoms with E-state index in [1.54, 1.807) is 42.3 Å². The number of methoxy groups -OCH3 is 1. The van der Waals surface area contributed by atoms with Crippen molar-refractivity contribution >= 4 is 35.1 Å². The highest BCUT2D eigenvalue weighted by Crippen LogP contribution is 2.48. The number of piperidine rings is 3. The number of likely N-dealkylation sites (N-methyl/N-ethyl adjacent to an activating group) is 3. The Balaban J connectivity index is 0.000000157. The van der Waals surface area contributed by atoms with Gasteiger partial charge in [0.15, 0.2) is 23.0 Å². The standard InChI is InChI=1S/C24H29F4N3O3.C24H28F3N3O2.C23H30ClN3O3/c1-15(2)34-17-6-5-16(13-18(17)33-4)22(32)30-10-9-23(19(25)14-30)20-7-8-21(24(26,27)28)31(20)12-11-29(23)3;1-3-4-17-5-7-18(8-6-17)22(32)29-13-11-23(12-14-29)20-10-9-19(21(31)24(25,26)27)30(20)16-15-28(23)2;1-4-29-18-7-6-17(16-19(18)30-5-2)22(28)26-12-10-23(11-13-26)20-8-9-21(24)27(20)15-14-25(23)3/h5-8,13,15,19H,9-12,14H2,1-4H3;5-10H,3-4,11-16H2,1-2H3;6-9,16H,4-5,10-15H2,1-3H3/t19-,23-;;/m0../s1. The second-order valence-electron chi connectivity index (χ2n) is 25.8. The third-order valence-corrected chi connectivity index (χ3v) is 20.5. The van der Waals surface area contributed by atoms with Gasteiger partial charge in [0.2, 0.25) is 0 Å². The number of hydrogen-bond donors (Lipinski definition) is 0. The normalized spacial score (nSPS) is 20.2. The number of ether oxygens (including phenoxy) is 4. The summed E-state index contributed by atoms with van der Waals surface area (Å²) in [7, 11) is 7.35. The number of nitrogens with zero attached hydrogens (tertiary/aromatic N) is 9. The van der Waals surface area contributed by atoms with Crippen molar-refractivity contribution in [2.45, 2.75) is 140 Å². The predicted molar refractivity (Wildman–Crippen MR) is 350 cm³/mol. The van der Waals surface area contributed by atoms with Crippen molar-refractivity contribution in [3.63, 3.8) is 0 Å². The summed E-state index contributed by atoms with van der Waals surface area (Å²) in [6.07, 6.45) is -5.84. The summed E-state index contributed by atoms with van der Waals surface area (Å²) in [6, 6.07) is 27.5. The summed E-state index contributed by atoms with van der Waals surface area (Å²) in [5, 5.41) is 0.800. The van der Waals surface area contributed by atoms with Crippen LogP contribution >= 0.6 is 11.6 Å². The lowest BCUT2D eigenvalue weighted by Gasteiger charge is -2.52. The maximum atomic E-state index is 15.9. The van der Waals surface area contributed by atoms with Gasteiger partial charge in [0.1, 0.15) is 17.0 Å². The Morgan fingerprint density at radius 2 is 1.03 bits per heavy atom. The van der Waals surface area contributed by atoms with Crippen LogP contribution in [0.15, 0.2) is 97.1 Å². The highest BCUT2D eigenvalue weighted by atomic mass is 35.5. The number of alkyl halides is 7. The molecule has 0 unspecified atom stereocenters. The summed E-state index contributed by atoms with van der Waals surface area (Å²) >= 11 is 6.40. The van der Waals surface area contributed by atoms with E-state index in [-0.39, 0.29) is 67.7 Å². The van der Waals surface area contributed by atoms with Gasteiger partial charge in [-0.25, -0.2) is 4.39 Å². The summed E-state index contributed by atoms with van der Waals surface area (Å²) in [4.78, 5) is 62.9. The van der Waals surface area contributed by atoms with Crippen molar-refractivity contribution < 1.29 is 68.9 Å². The molecule has 0 saturated carbocycles. The second kappa shape index (κ2) is 28.9. The molecule has 25 heteroatoms. The first-order valence-corrected chi connectivity index (χ1v) is 33.5. The molecule has 3 saturated heterocycles. The molecule has 6 aliphatic heterocycles. The number of aromatic nitrogens is 3. The van der Waals surface area contributed by atoms with E-state index in [2.05, 4.69) is 34.4 Å². The van der Waals surface area contributed by atoms with Crippen molar-refractivity contribution in [3.8, 4) is 23.0 Å². The largest absolute Gasteiger partial charge is 0.493 e. The zero-order valence-electron chi connectivity index (χ0n) is 56.1. The first-order valence-electron chi connectivity index (χ1n) is 33.1. The van der Waals surface area contributed by atoms with E-state index in [9.17, 15) is 45.5 Å². The Labute approximate surface area is 561 Å². The topological polar surface area (TPSA) is 139 Å². The lowest BCUT2D eigenvalue weighted by molar-refractivity contribution is -0.145. The van der Waals surface area contributed by atoms with Crippen LogP contribution in [0.5, 0.6) is 23.0 Å². The maximum absolute atomic E-state index is 15.9. The van der Waals surface area contributed by atoms with Crippen molar-refractivity contribution in [1.82, 2.24) is 43.1 Å². The molecule has 2 atom stereocenters. The Morgan fingerprint density at radius 3 is 1.58 bits per heavy atom. The number of rotatable bonds is 13. The van der Waals surface area contributed by atoms with Gasteiger partial charge in [-0.1, -0.05) is 37.1 Å². The summed E-state index contributed by atoms with van der Waals surface area (Å²) in [5.41, 5.74) is 2.31. The molecule has 0 N–H and O–H groups in total. The van der Waals surface area contributed by atoms with Crippen molar-refractivity contribution in [3.05, 3.63) is 153 Å². The van der Waals surface area contributed by atoms with Gasteiger partial charge >= 0.3 is 12.4 Å². The van der Waals surface area contributed by atoms with Crippen molar-refractivity contribution in [2.24, 2.45) is 0 Å². The molecule has 0 radical (unpaired) electrons. The molecule has 9 heterocycles. The van der Waals surface area contributed by atoms with Crippen LogP contribution in [0.25, 0.3) is 0 Å². The molecule has 3 amide bonds. The van der Waals surface area contributed by atoms with Gasteiger partial charge in [0, 0.05) is 106 Å². The Morgan fingerprint density at radius 1 is 0.542 bits per heavy atom. The maximum Gasteiger partial charge on any atom is 0.456 e. The first kappa shape index (κ1) is 71.2. The van der Waals surface area contributed by atoms with E-state index in [0.29, 0.717) is 111 Å². The van der Waals surface area contributed by atoms with Gasteiger partial charge < -0.3 is 47.3 Å². The SMILES string of the molecule is CCCc1ccc(C(=O)N2CCC3(CC2)c2ccc(C(=O)C(F)(F)F)n2CCN3C)cc1.CCOc1ccc(C(=O)N2CCC3(CC2)c2ccc(Cl)n2CCN3C)cc1OCC.COc1cc(C(=O)N2CC[C@@]3(c4ccc(C(F)(F)F)n4CCN3C)[C@@H](F)C2)ccc1OC(C)C. The molecule has 3 aromatic carbocycles. The van der Waals surface area contributed by atoms with Crippen molar-refractivity contribution in [1.29, 1.82) is 0 Å². The van der Waals surface area contributed by atoms with Gasteiger partial charge in [0.05, 0.1) is 55.3 Å². The molecule has 6 aromatic rings. The van der Waals surface area contributed by atoms with E-state index < -0.39 is 41.1 Å². The zero-order valence-corrected chi connectivity index (χ0v) is 56.8. The number of likely N-dealkylation sites (tertiary alicyclic amines) is 3. The third kappa shape index (κ3) is 13.9. The molecule has 6 aliphatic rings. The van der Waals surface area contributed by atoms with E-state index in [4.69, 9.17) is 30.5 Å². The van der Waals surface area contributed by atoms with Gasteiger partial charge in [0.25, 0.3) is 23.5 Å². The van der Waals surface area contributed by atoms with Crippen LogP contribution in [0, 0.1) is 0 Å². The molecule has 12 rings (SSSR count). The van der Waals surface area contributed by atoms with Crippen LogP contribution in [0.1, 0.15) is 143 Å². The lowest BCUT2D eigenvalue weighted by atomic mass is 9.79. The molecule has 96 heavy (non-hydrogen) atoms. The van der Waals surface area contributed by atoms with Gasteiger partial charge in [-0.15, -0.1) is 0 Å². The highest BCUT2D eigenvalue weighted by molar-refractivity contribution is 6.29. The number of Topliss-reactive ketones (excluding diaryl/α,β-unsaturated/α-hetero) is 1. The molecule has 17 nitrogen and oxygen atoms in total. The number of aryl methyl sites for hydroxylation is 1. The molecule has 520 valence electrons. The predicted octanol–water partition coefficient (Wildman–Crippen LogP) is 12.6. The molecular formula is C71H87ClF7N9O8. The van der Waals surface area contributed by atoms with Crippen LogP contribution in [0.3, 0.4) is 0 Å². The number of carbonyl (C=O) groups excluding carboxylic acids is 4. The number of hydrogen-bond acceptors (Lipinski definition) is 11. The number of amides is 3. The minimum atomic E-state index is -4.89. The van der Waals surface area contributed by atoms with E-state index in [0.717, 1.165) is 55.7 Å². The minimum Gasteiger partial charge on any atom is -0.493 e. The van der Waals surface area contributed by atoms with Crippen LogP contribution in [0.4, 0.5) is 30.7 Å². The second-order valence-corrected chi connectivity index (χ2v) is 26.2. The number of ketones is 1. The summed E-state index contributed by atoms with van der Waals surface area (Å²) in [6.45, 7) is 16.4. The minimum absolute atomic E-state index is 0.0234. The summed E-state index contributed by atoms with van der Waals surface area (Å²) in [5.74, 6) is 0.0484. The Bertz CT molecular complexity index is 3760. The van der Waals surface area contributed by atoms with E-state index in [1.165, 1.54) is 44.5 Å². The molecule has 0 bridgehead atoms. The lowest BCUT2D eigenvalue weighted by Crippen LogP contribution is -2.63. The molecule has 3 aromatic heterocycles. The average molecular weight is 1360 g/mol. The third-order valence-electron chi connectivity index (χ3n) is 20.2.